The van der Waals surface area contributed by atoms with Crippen LogP contribution < -0.4 is 10.6 Å². The summed E-state index contributed by atoms with van der Waals surface area (Å²) in [6.07, 6.45) is 1.61. The molecule has 0 atom stereocenters. The highest BCUT2D eigenvalue weighted by molar-refractivity contribution is 5.79. The Balaban J connectivity index is 1.79. The van der Waals surface area contributed by atoms with Crippen LogP contribution in [0.4, 0.5) is 0 Å². The summed E-state index contributed by atoms with van der Waals surface area (Å²) in [5.41, 5.74) is 1.31. The summed E-state index contributed by atoms with van der Waals surface area (Å²) in [4.78, 5) is 8.93. The van der Waals surface area contributed by atoms with E-state index in [1.54, 1.807) is 0 Å². The van der Waals surface area contributed by atoms with Crippen molar-refractivity contribution in [2.45, 2.75) is 39.5 Å². The summed E-state index contributed by atoms with van der Waals surface area (Å²) < 4.78 is 5.24. The molecule has 0 radical (unpaired) electrons. The van der Waals surface area contributed by atoms with E-state index in [9.17, 15) is 0 Å². The molecule has 0 bridgehead atoms. The molecule has 0 fully saturated rings. The van der Waals surface area contributed by atoms with Gasteiger partial charge in [-0.3, -0.25) is 4.99 Å². The number of guanidine groups is 1. The lowest BCUT2D eigenvalue weighted by Gasteiger charge is -2.11. The van der Waals surface area contributed by atoms with Crippen molar-refractivity contribution >= 4 is 5.96 Å². The average Bonchev–Trinajstić information content (AvgIpc) is 3.05. The van der Waals surface area contributed by atoms with E-state index < -0.39 is 0 Å². The predicted octanol–water partition coefficient (Wildman–Crippen LogP) is 2.53. The van der Waals surface area contributed by atoms with Gasteiger partial charge in [0.05, 0.1) is 6.54 Å². The smallest absolute Gasteiger partial charge is 0.228 e. The van der Waals surface area contributed by atoms with Gasteiger partial charge < -0.3 is 15.2 Å². The zero-order valence-corrected chi connectivity index (χ0v) is 14.7. The fourth-order valence-corrected chi connectivity index (χ4v) is 2.18. The quantitative estimate of drug-likeness (QED) is 0.575. The molecule has 6 heteroatoms. The van der Waals surface area contributed by atoms with Crippen LogP contribution in [0, 0.1) is 0 Å². The van der Waals surface area contributed by atoms with Crippen molar-refractivity contribution in [3.8, 4) is 0 Å². The molecule has 0 spiro atoms. The molecule has 1 aromatic carbocycles. The topological polar surface area (TPSA) is 75.3 Å². The van der Waals surface area contributed by atoms with Crippen molar-refractivity contribution in [3.63, 3.8) is 0 Å². The Morgan fingerprint density at radius 3 is 2.62 bits per heavy atom. The van der Waals surface area contributed by atoms with Crippen molar-refractivity contribution in [2.75, 3.05) is 19.6 Å². The third kappa shape index (κ3) is 6.02. The number of hydrogen-bond acceptors (Lipinski definition) is 4. The second-order valence-electron chi connectivity index (χ2n) is 5.87. The molecule has 1 aromatic heterocycles. The zero-order chi connectivity index (χ0) is 17.2. The lowest BCUT2D eigenvalue weighted by Crippen LogP contribution is -2.38. The molecule has 2 N–H and O–H groups in total. The van der Waals surface area contributed by atoms with Crippen LogP contribution in [0.3, 0.4) is 0 Å². The van der Waals surface area contributed by atoms with E-state index >= 15 is 0 Å². The van der Waals surface area contributed by atoms with Gasteiger partial charge in [0.1, 0.15) is 0 Å². The monoisotopic (exact) mass is 329 g/mol. The van der Waals surface area contributed by atoms with E-state index in [1.807, 2.05) is 19.9 Å². The third-order valence-electron chi connectivity index (χ3n) is 3.49. The molecule has 2 aromatic rings. The van der Waals surface area contributed by atoms with E-state index in [0.717, 1.165) is 31.3 Å². The van der Waals surface area contributed by atoms with Gasteiger partial charge in [0.25, 0.3) is 0 Å². The minimum atomic E-state index is 0.281. The van der Waals surface area contributed by atoms with Gasteiger partial charge in [-0.05, 0) is 18.9 Å². The Labute approximate surface area is 143 Å². The van der Waals surface area contributed by atoms with Crippen LogP contribution in [0.15, 0.2) is 39.8 Å². The van der Waals surface area contributed by atoms with E-state index in [4.69, 9.17) is 4.52 Å². The molecular weight excluding hydrogens is 302 g/mol. The predicted molar refractivity (Wildman–Crippen MR) is 96.2 cm³/mol. The molecule has 0 unspecified atom stereocenters. The Bertz CT molecular complexity index is 621. The van der Waals surface area contributed by atoms with E-state index in [-0.39, 0.29) is 5.92 Å². The Hall–Kier alpha value is -2.37. The van der Waals surface area contributed by atoms with Gasteiger partial charge in [-0.25, -0.2) is 0 Å². The summed E-state index contributed by atoms with van der Waals surface area (Å²) in [6, 6.07) is 10.4. The lowest BCUT2D eigenvalue weighted by molar-refractivity contribution is 0.372. The molecule has 1 heterocycles. The molecule has 0 saturated heterocycles. The summed E-state index contributed by atoms with van der Waals surface area (Å²) in [6.45, 7) is 8.43. The highest BCUT2D eigenvalue weighted by Crippen LogP contribution is 2.09. The van der Waals surface area contributed by atoms with Crippen LogP contribution in [0.1, 0.15) is 44.0 Å². The van der Waals surface area contributed by atoms with Crippen LogP contribution in [0.25, 0.3) is 0 Å². The molecular formula is C18H27N5O. The summed E-state index contributed by atoms with van der Waals surface area (Å²) in [7, 11) is 0. The Morgan fingerprint density at radius 1 is 1.17 bits per heavy atom. The number of benzene rings is 1. The molecule has 0 aliphatic rings. The molecule has 0 saturated carbocycles. The van der Waals surface area contributed by atoms with Crippen LogP contribution in [0.2, 0.25) is 0 Å². The first-order valence-corrected chi connectivity index (χ1v) is 8.57. The number of nitrogens with one attached hydrogen (secondary N) is 2. The fraction of sp³-hybridized carbons (Fsp3) is 0.500. The Morgan fingerprint density at radius 2 is 1.96 bits per heavy atom. The SMILES string of the molecule is CCNC(=NCCc1nc(C(C)C)no1)NCCc1ccccc1. The molecule has 0 amide bonds. The van der Waals surface area contributed by atoms with Crippen molar-refractivity contribution in [1.29, 1.82) is 0 Å². The first-order valence-electron chi connectivity index (χ1n) is 8.57. The maximum atomic E-state index is 5.24. The first kappa shape index (κ1) is 18.0. The maximum absolute atomic E-state index is 5.24. The van der Waals surface area contributed by atoms with Crippen LogP contribution >= 0.6 is 0 Å². The minimum absolute atomic E-state index is 0.281. The fourth-order valence-electron chi connectivity index (χ4n) is 2.18. The van der Waals surface area contributed by atoms with Gasteiger partial charge in [-0.15, -0.1) is 0 Å². The molecule has 130 valence electrons. The van der Waals surface area contributed by atoms with Crippen molar-refractivity contribution < 1.29 is 4.52 Å². The van der Waals surface area contributed by atoms with E-state index in [1.165, 1.54) is 5.56 Å². The molecule has 0 aliphatic carbocycles. The average molecular weight is 329 g/mol. The standard InChI is InChI=1S/C18H27N5O/c1-4-19-18(20-12-10-15-8-6-5-7-9-15)21-13-11-16-22-17(14(2)3)23-24-16/h5-9,14H,4,10-13H2,1-3H3,(H2,19,20,21). The summed E-state index contributed by atoms with van der Waals surface area (Å²) in [5, 5.41) is 10.6. The third-order valence-corrected chi connectivity index (χ3v) is 3.49. The van der Waals surface area contributed by atoms with Gasteiger partial charge in [-0.1, -0.05) is 49.3 Å². The first-order chi connectivity index (χ1) is 11.7. The largest absolute Gasteiger partial charge is 0.357 e. The van der Waals surface area contributed by atoms with Gasteiger partial charge in [0.15, 0.2) is 11.8 Å². The second-order valence-corrected chi connectivity index (χ2v) is 5.87. The minimum Gasteiger partial charge on any atom is -0.357 e. The summed E-state index contributed by atoms with van der Waals surface area (Å²) in [5.74, 6) is 2.49. The van der Waals surface area contributed by atoms with Crippen molar-refractivity contribution in [3.05, 3.63) is 47.6 Å². The van der Waals surface area contributed by atoms with Gasteiger partial charge in [0, 0.05) is 25.4 Å². The number of rotatable bonds is 8. The molecule has 2 rings (SSSR count). The van der Waals surface area contributed by atoms with Crippen LogP contribution in [0.5, 0.6) is 0 Å². The maximum Gasteiger partial charge on any atom is 0.228 e. The van der Waals surface area contributed by atoms with Crippen molar-refractivity contribution in [1.82, 2.24) is 20.8 Å². The highest BCUT2D eigenvalue weighted by Gasteiger charge is 2.09. The van der Waals surface area contributed by atoms with Gasteiger partial charge in [-0.2, -0.15) is 4.98 Å². The van der Waals surface area contributed by atoms with Gasteiger partial charge >= 0.3 is 0 Å². The van der Waals surface area contributed by atoms with E-state index in [2.05, 4.69) is 57.0 Å². The molecule has 24 heavy (non-hydrogen) atoms. The Kier molecular flexibility index (Phi) is 7.26. The summed E-state index contributed by atoms with van der Waals surface area (Å²) >= 11 is 0. The lowest BCUT2D eigenvalue weighted by atomic mass is 10.1. The van der Waals surface area contributed by atoms with Crippen LogP contribution in [-0.4, -0.2) is 35.7 Å². The van der Waals surface area contributed by atoms with E-state index in [0.29, 0.717) is 18.9 Å². The van der Waals surface area contributed by atoms with Crippen LogP contribution in [-0.2, 0) is 12.8 Å². The normalized spacial score (nSPS) is 11.8. The molecule has 6 nitrogen and oxygen atoms in total. The highest BCUT2D eigenvalue weighted by atomic mass is 16.5. The number of aliphatic imine (C=N–C) groups is 1. The van der Waals surface area contributed by atoms with Crippen molar-refractivity contribution in [2.24, 2.45) is 4.99 Å². The zero-order valence-electron chi connectivity index (χ0n) is 14.7. The number of nitrogens with zero attached hydrogens (tertiary/aromatic N) is 3. The second kappa shape index (κ2) is 9.70. The van der Waals surface area contributed by atoms with Gasteiger partial charge in [0.2, 0.25) is 5.89 Å². The number of aromatic nitrogens is 2. The number of hydrogen-bond donors (Lipinski definition) is 2. The molecule has 0 aliphatic heterocycles.